The van der Waals surface area contributed by atoms with Crippen LogP contribution >= 0.6 is 0 Å². The monoisotopic (exact) mass is 257 g/mol. The Morgan fingerprint density at radius 2 is 2.06 bits per heavy atom. The van der Waals surface area contributed by atoms with E-state index >= 15 is 0 Å². The van der Waals surface area contributed by atoms with Gasteiger partial charge in [0.2, 0.25) is 0 Å². The van der Waals surface area contributed by atoms with E-state index in [0.717, 1.165) is 19.3 Å². The van der Waals surface area contributed by atoms with Crippen LogP contribution in [0, 0.1) is 0 Å². The van der Waals surface area contributed by atoms with Crippen molar-refractivity contribution in [3.8, 4) is 0 Å². The highest BCUT2D eigenvalue weighted by Gasteiger charge is 2.31. The summed E-state index contributed by atoms with van der Waals surface area (Å²) in [7, 11) is 0. The Hall–Kier alpha value is -1.14. The number of nitrogens with zero attached hydrogens (tertiary/aromatic N) is 1. The number of amides is 1. The van der Waals surface area contributed by atoms with E-state index in [9.17, 15) is 9.59 Å². The second-order valence-electron chi connectivity index (χ2n) is 4.73. The SMILES string of the molecule is O=C(O)C[C@H]1CN(C(=O)[C@@H]2CCCCO2)CCO1. The molecule has 0 aromatic carbocycles. The lowest BCUT2D eigenvalue weighted by molar-refractivity contribution is -0.157. The van der Waals surface area contributed by atoms with Crippen LogP contribution in [-0.2, 0) is 19.1 Å². The first-order valence-electron chi connectivity index (χ1n) is 6.40. The summed E-state index contributed by atoms with van der Waals surface area (Å²) < 4.78 is 10.8. The van der Waals surface area contributed by atoms with Crippen molar-refractivity contribution in [2.75, 3.05) is 26.3 Å². The summed E-state index contributed by atoms with van der Waals surface area (Å²) in [5.41, 5.74) is 0. The van der Waals surface area contributed by atoms with Crippen molar-refractivity contribution in [1.29, 1.82) is 0 Å². The van der Waals surface area contributed by atoms with Gasteiger partial charge in [-0.25, -0.2) is 0 Å². The zero-order chi connectivity index (χ0) is 13.0. The molecule has 2 atom stereocenters. The normalized spacial score (nSPS) is 29.0. The van der Waals surface area contributed by atoms with Crippen LogP contribution in [0.2, 0.25) is 0 Å². The Bertz CT molecular complexity index is 314. The minimum absolute atomic E-state index is 0.0200. The molecule has 0 unspecified atom stereocenters. The number of rotatable bonds is 3. The molecule has 2 aliphatic rings. The largest absolute Gasteiger partial charge is 0.481 e. The van der Waals surface area contributed by atoms with Gasteiger partial charge in [0.1, 0.15) is 6.10 Å². The van der Waals surface area contributed by atoms with Crippen LogP contribution in [0.1, 0.15) is 25.7 Å². The van der Waals surface area contributed by atoms with Gasteiger partial charge in [-0.05, 0) is 19.3 Å². The maximum atomic E-state index is 12.2. The molecule has 102 valence electrons. The summed E-state index contributed by atoms with van der Waals surface area (Å²) >= 11 is 0. The fourth-order valence-electron chi connectivity index (χ4n) is 2.38. The average molecular weight is 257 g/mol. The van der Waals surface area contributed by atoms with Gasteiger partial charge in [0.25, 0.3) is 5.91 Å². The van der Waals surface area contributed by atoms with Gasteiger partial charge in [0.05, 0.1) is 19.1 Å². The second-order valence-corrected chi connectivity index (χ2v) is 4.73. The quantitative estimate of drug-likeness (QED) is 0.784. The van der Waals surface area contributed by atoms with Gasteiger partial charge in [-0.3, -0.25) is 9.59 Å². The molecule has 6 nitrogen and oxygen atoms in total. The number of carboxylic acids is 1. The first kappa shape index (κ1) is 13.3. The predicted octanol–water partition coefficient (Wildman–Crippen LogP) is 0.258. The number of hydrogen-bond donors (Lipinski definition) is 1. The number of ether oxygens (including phenoxy) is 2. The van der Waals surface area contributed by atoms with Crippen LogP contribution in [0.15, 0.2) is 0 Å². The maximum absolute atomic E-state index is 12.2. The lowest BCUT2D eigenvalue weighted by Gasteiger charge is -2.35. The summed E-state index contributed by atoms with van der Waals surface area (Å²) in [6.45, 7) is 1.91. The van der Waals surface area contributed by atoms with E-state index in [1.807, 2.05) is 0 Å². The number of hydrogen-bond acceptors (Lipinski definition) is 4. The zero-order valence-electron chi connectivity index (χ0n) is 10.3. The molecule has 0 aliphatic carbocycles. The molecule has 0 saturated carbocycles. The van der Waals surface area contributed by atoms with Gasteiger partial charge in [-0.15, -0.1) is 0 Å². The molecule has 2 heterocycles. The third-order valence-electron chi connectivity index (χ3n) is 3.31. The first-order valence-corrected chi connectivity index (χ1v) is 6.40. The van der Waals surface area contributed by atoms with E-state index in [-0.39, 0.29) is 18.4 Å². The molecule has 0 aromatic heterocycles. The van der Waals surface area contributed by atoms with Crippen molar-refractivity contribution in [3.63, 3.8) is 0 Å². The number of carboxylic acid groups (broad SMARTS) is 1. The number of carbonyl (C=O) groups is 2. The smallest absolute Gasteiger partial charge is 0.306 e. The summed E-state index contributed by atoms with van der Waals surface area (Å²) in [5.74, 6) is -0.920. The van der Waals surface area contributed by atoms with Crippen molar-refractivity contribution in [2.45, 2.75) is 37.9 Å². The molecule has 1 amide bonds. The highest BCUT2D eigenvalue weighted by atomic mass is 16.5. The van der Waals surface area contributed by atoms with Crippen LogP contribution in [0.4, 0.5) is 0 Å². The Kier molecular flexibility index (Phi) is 4.54. The van der Waals surface area contributed by atoms with Crippen LogP contribution in [0.3, 0.4) is 0 Å². The fourth-order valence-corrected chi connectivity index (χ4v) is 2.38. The van der Waals surface area contributed by atoms with Gasteiger partial charge in [-0.1, -0.05) is 0 Å². The average Bonchev–Trinajstić information content (AvgIpc) is 2.38. The Balaban J connectivity index is 1.87. The number of carbonyl (C=O) groups excluding carboxylic acids is 1. The van der Waals surface area contributed by atoms with Crippen molar-refractivity contribution >= 4 is 11.9 Å². The third-order valence-corrected chi connectivity index (χ3v) is 3.31. The van der Waals surface area contributed by atoms with E-state index in [2.05, 4.69) is 0 Å². The van der Waals surface area contributed by atoms with Gasteiger partial charge >= 0.3 is 5.97 Å². The lowest BCUT2D eigenvalue weighted by atomic mass is 10.1. The van der Waals surface area contributed by atoms with Crippen LogP contribution in [0.25, 0.3) is 0 Å². The van der Waals surface area contributed by atoms with Gasteiger partial charge in [0.15, 0.2) is 0 Å². The summed E-state index contributed by atoms with van der Waals surface area (Å²) in [6, 6.07) is 0. The Morgan fingerprint density at radius 1 is 1.22 bits per heavy atom. The summed E-state index contributed by atoms with van der Waals surface area (Å²) in [5, 5.41) is 8.73. The fraction of sp³-hybridized carbons (Fsp3) is 0.833. The molecular weight excluding hydrogens is 238 g/mol. The van der Waals surface area contributed by atoms with Gasteiger partial charge in [-0.2, -0.15) is 0 Å². The Labute approximate surface area is 106 Å². The minimum atomic E-state index is -0.900. The van der Waals surface area contributed by atoms with E-state index < -0.39 is 12.1 Å². The molecule has 0 spiro atoms. The van der Waals surface area contributed by atoms with Crippen molar-refractivity contribution in [2.24, 2.45) is 0 Å². The molecule has 0 aromatic rings. The van der Waals surface area contributed by atoms with Gasteiger partial charge in [0, 0.05) is 19.7 Å². The van der Waals surface area contributed by atoms with E-state index in [4.69, 9.17) is 14.6 Å². The van der Waals surface area contributed by atoms with Crippen LogP contribution < -0.4 is 0 Å². The van der Waals surface area contributed by atoms with Crippen molar-refractivity contribution in [3.05, 3.63) is 0 Å². The molecule has 2 fully saturated rings. The van der Waals surface area contributed by atoms with E-state index in [1.165, 1.54) is 0 Å². The van der Waals surface area contributed by atoms with Crippen molar-refractivity contribution < 1.29 is 24.2 Å². The minimum Gasteiger partial charge on any atom is -0.481 e. The molecular formula is C12H19NO5. The zero-order valence-corrected chi connectivity index (χ0v) is 10.3. The topological polar surface area (TPSA) is 76.1 Å². The number of aliphatic carboxylic acids is 1. The van der Waals surface area contributed by atoms with Crippen LogP contribution in [0.5, 0.6) is 0 Å². The molecule has 6 heteroatoms. The number of morpholine rings is 1. The predicted molar refractivity (Wildman–Crippen MR) is 62.2 cm³/mol. The van der Waals surface area contributed by atoms with Crippen molar-refractivity contribution in [1.82, 2.24) is 4.90 Å². The molecule has 0 radical (unpaired) electrons. The molecule has 1 N–H and O–H groups in total. The van der Waals surface area contributed by atoms with E-state index in [0.29, 0.717) is 26.3 Å². The second kappa shape index (κ2) is 6.15. The lowest BCUT2D eigenvalue weighted by Crippen LogP contribution is -2.50. The molecule has 2 rings (SSSR count). The highest BCUT2D eigenvalue weighted by molar-refractivity contribution is 5.81. The van der Waals surface area contributed by atoms with E-state index in [1.54, 1.807) is 4.90 Å². The summed E-state index contributed by atoms with van der Waals surface area (Å²) in [6.07, 6.45) is 1.98. The summed E-state index contributed by atoms with van der Waals surface area (Å²) in [4.78, 5) is 24.5. The highest BCUT2D eigenvalue weighted by Crippen LogP contribution is 2.17. The van der Waals surface area contributed by atoms with Gasteiger partial charge < -0.3 is 19.5 Å². The Morgan fingerprint density at radius 3 is 2.72 bits per heavy atom. The molecule has 2 saturated heterocycles. The molecule has 0 bridgehead atoms. The maximum Gasteiger partial charge on any atom is 0.306 e. The standard InChI is InChI=1S/C12H19NO5/c14-11(15)7-9-8-13(4-6-17-9)12(16)10-3-1-2-5-18-10/h9-10H,1-8H2,(H,14,15)/t9-,10-/m0/s1. The van der Waals surface area contributed by atoms with Crippen LogP contribution in [-0.4, -0.2) is 60.4 Å². The third kappa shape index (κ3) is 3.43. The molecule has 18 heavy (non-hydrogen) atoms. The molecule has 2 aliphatic heterocycles. The first-order chi connectivity index (χ1) is 8.66.